The summed E-state index contributed by atoms with van der Waals surface area (Å²) in [5.41, 5.74) is 1.10. The molecule has 11 heteroatoms. The zero-order valence-corrected chi connectivity index (χ0v) is 15.4. The summed E-state index contributed by atoms with van der Waals surface area (Å²) in [7, 11) is 2.36. The van der Waals surface area contributed by atoms with Crippen molar-refractivity contribution < 1.29 is 32.6 Å². The Balaban J connectivity index is 0.000000207. The Bertz CT molecular complexity index is 1020. The number of halogens is 2. The highest BCUT2D eigenvalue weighted by Gasteiger charge is 2.13. The Morgan fingerprint density at radius 2 is 1.72 bits per heavy atom. The lowest BCUT2D eigenvalue weighted by Crippen LogP contribution is -2.31. The predicted octanol–water partition coefficient (Wildman–Crippen LogP) is 1.27. The van der Waals surface area contributed by atoms with E-state index < -0.39 is 29.5 Å². The predicted molar refractivity (Wildman–Crippen MR) is 94.5 cm³/mol. The first kappa shape index (κ1) is 21.4. The summed E-state index contributed by atoms with van der Waals surface area (Å²) < 4.78 is 35.3. The molecule has 3 heterocycles. The minimum absolute atomic E-state index is 0.0498. The van der Waals surface area contributed by atoms with Crippen molar-refractivity contribution in [2.75, 3.05) is 14.2 Å². The van der Waals surface area contributed by atoms with Gasteiger partial charge in [0.25, 0.3) is 0 Å². The molecule has 0 aromatic carbocycles. The van der Waals surface area contributed by atoms with Crippen LogP contribution in [-0.2, 0) is 25.6 Å². The number of fused-ring (bicyclic) bond motifs is 1. The average molecular weight is 406 g/mol. The normalized spacial score (nSPS) is 9.93. The van der Waals surface area contributed by atoms with E-state index in [4.69, 9.17) is 0 Å². The third kappa shape index (κ3) is 5.79. The maximum atomic E-state index is 12.9. The van der Waals surface area contributed by atoms with E-state index in [1.54, 1.807) is 0 Å². The maximum absolute atomic E-state index is 12.9. The summed E-state index contributed by atoms with van der Waals surface area (Å²) in [6.45, 7) is 0.0498. The Hall–Kier alpha value is -3.89. The molecule has 0 bridgehead atoms. The van der Waals surface area contributed by atoms with Crippen LogP contribution in [0, 0.1) is 11.6 Å². The molecule has 0 aliphatic rings. The van der Waals surface area contributed by atoms with Gasteiger partial charge in [0, 0.05) is 6.20 Å². The number of methoxy groups -OCH3 is 2. The number of carbonyl (C=O) groups is 3. The molecular weight excluding hydrogens is 390 g/mol. The second-order valence-electron chi connectivity index (χ2n) is 5.36. The van der Waals surface area contributed by atoms with Crippen molar-refractivity contribution in [2.45, 2.75) is 6.54 Å². The number of hydrogen-bond donors (Lipinski definition) is 1. The molecule has 0 saturated heterocycles. The second kappa shape index (κ2) is 9.88. The number of rotatable bonds is 3. The minimum atomic E-state index is -0.975. The summed E-state index contributed by atoms with van der Waals surface area (Å²) in [6.07, 6.45) is 3.69. The van der Waals surface area contributed by atoms with Crippen LogP contribution >= 0.6 is 0 Å². The number of imidazole rings is 1. The topological polar surface area (TPSA) is 112 Å². The van der Waals surface area contributed by atoms with Gasteiger partial charge in [-0.25, -0.2) is 23.4 Å². The van der Waals surface area contributed by atoms with Gasteiger partial charge < -0.3 is 14.8 Å². The molecule has 9 nitrogen and oxygen atoms in total. The molecule has 0 atom stereocenters. The number of amides is 1. The van der Waals surface area contributed by atoms with E-state index >= 15 is 0 Å². The van der Waals surface area contributed by atoms with E-state index in [0.29, 0.717) is 11.2 Å². The summed E-state index contributed by atoms with van der Waals surface area (Å²) >= 11 is 0. The van der Waals surface area contributed by atoms with Crippen LogP contribution in [0.5, 0.6) is 0 Å². The lowest BCUT2D eigenvalue weighted by molar-refractivity contribution is -0.152. The molecule has 29 heavy (non-hydrogen) atoms. The van der Waals surface area contributed by atoms with Gasteiger partial charge in [-0.15, -0.1) is 0 Å². The highest BCUT2D eigenvalue weighted by atomic mass is 19.1. The molecule has 0 spiro atoms. The monoisotopic (exact) mass is 406 g/mol. The average Bonchev–Trinajstić information content (AvgIpc) is 3.15. The Kier molecular flexibility index (Phi) is 7.29. The lowest BCUT2D eigenvalue weighted by atomic mass is 10.3. The molecule has 0 aliphatic heterocycles. The van der Waals surface area contributed by atoms with E-state index in [1.807, 2.05) is 0 Å². The van der Waals surface area contributed by atoms with E-state index in [1.165, 1.54) is 48.2 Å². The number of pyridine rings is 2. The van der Waals surface area contributed by atoms with Crippen LogP contribution in [0.4, 0.5) is 8.78 Å². The van der Waals surface area contributed by atoms with E-state index in [2.05, 4.69) is 24.8 Å². The van der Waals surface area contributed by atoms with Gasteiger partial charge in [0.15, 0.2) is 0 Å². The van der Waals surface area contributed by atoms with Crippen LogP contribution in [0.1, 0.15) is 16.3 Å². The van der Waals surface area contributed by atoms with Gasteiger partial charge in [-0.05, 0) is 24.3 Å². The number of esters is 2. The zero-order chi connectivity index (χ0) is 21.4. The standard InChI is InChI=1S/C9H9FN2O3.C9H7FN2O2/c1-15-9(14)8(13)12-5-7-3-2-6(10)4-11-7;1-14-9(13)8-11-4-7-3-2-6(10)5-12(7)8/h2-4H,5H2,1H3,(H,12,13);2-5H,1H3. The largest absolute Gasteiger partial charge is 0.463 e. The van der Waals surface area contributed by atoms with Gasteiger partial charge in [0.05, 0.1) is 44.4 Å². The van der Waals surface area contributed by atoms with Gasteiger partial charge in [0.1, 0.15) is 11.6 Å². The SMILES string of the molecule is COC(=O)C(=O)NCc1ccc(F)cn1.COC(=O)c1ncc2ccc(F)cn12. The van der Waals surface area contributed by atoms with Crippen molar-refractivity contribution in [2.24, 2.45) is 0 Å². The number of nitrogens with zero attached hydrogens (tertiary/aromatic N) is 3. The highest BCUT2D eigenvalue weighted by molar-refractivity contribution is 6.32. The number of hydrogen-bond acceptors (Lipinski definition) is 7. The van der Waals surface area contributed by atoms with Crippen molar-refractivity contribution in [1.29, 1.82) is 0 Å². The molecule has 3 rings (SSSR count). The van der Waals surface area contributed by atoms with E-state index in [0.717, 1.165) is 13.3 Å². The quantitative estimate of drug-likeness (QED) is 0.515. The fourth-order valence-electron chi connectivity index (χ4n) is 2.05. The Labute approximate surface area is 163 Å². The van der Waals surface area contributed by atoms with Gasteiger partial charge >= 0.3 is 17.8 Å². The van der Waals surface area contributed by atoms with Gasteiger partial charge in [-0.3, -0.25) is 14.2 Å². The van der Waals surface area contributed by atoms with Crippen molar-refractivity contribution >= 4 is 23.4 Å². The van der Waals surface area contributed by atoms with Crippen molar-refractivity contribution in [3.8, 4) is 0 Å². The molecule has 3 aromatic rings. The smallest absolute Gasteiger partial charge is 0.396 e. The third-order valence-electron chi connectivity index (χ3n) is 3.45. The molecule has 0 unspecified atom stereocenters. The van der Waals surface area contributed by atoms with Crippen LogP contribution in [0.2, 0.25) is 0 Å². The fraction of sp³-hybridized carbons (Fsp3) is 0.167. The first-order chi connectivity index (χ1) is 13.8. The molecule has 3 aromatic heterocycles. The van der Waals surface area contributed by atoms with Gasteiger partial charge in [-0.2, -0.15) is 0 Å². The second-order valence-corrected chi connectivity index (χ2v) is 5.36. The Morgan fingerprint density at radius 1 is 1.00 bits per heavy atom. The third-order valence-corrected chi connectivity index (χ3v) is 3.45. The molecule has 152 valence electrons. The van der Waals surface area contributed by atoms with E-state index in [-0.39, 0.29) is 12.4 Å². The molecule has 1 amide bonds. The summed E-state index contributed by atoms with van der Waals surface area (Å²) in [4.78, 5) is 40.3. The molecule has 0 saturated carbocycles. The first-order valence-electron chi connectivity index (χ1n) is 8.03. The van der Waals surface area contributed by atoms with Crippen LogP contribution in [-0.4, -0.2) is 46.4 Å². The molecule has 1 N–H and O–H groups in total. The fourth-order valence-corrected chi connectivity index (χ4v) is 2.05. The number of nitrogens with one attached hydrogen (secondary N) is 1. The van der Waals surface area contributed by atoms with Crippen LogP contribution in [0.3, 0.4) is 0 Å². The van der Waals surface area contributed by atoms with Crippen LogP contribution in [0.15, 0.2) is 42.9 Å². The van der Waals surface area contributed by atoms with Crippen LogP contribution < -0.4 is 5.32 Å². The zero-order valence-electron chi connectivity index (χ0n) is 15.4. The van der Waals surface area contributed by atoms with Crippen LogP contribution in [0.25, 0.3) is 5.52 Å². The number of aromatic nitrogens is 3. The van der Waals surface area contributed by atoms with Gasteiger partial charge in [-0.1, -0.05) is 0 Å². The van der Waals surface area contributed by atoms with Crippen molar-refractivity contribution in [3.05, 3.63) is 66.0 Å². The molecule has 0 radical (unpaired) electrons. The van der Waals surface area contributed by atoms with E-state index in [9.17, 15) is 23.2 Å². The number of carbonyl (C=O) groups excluding carboxylic acids is 3. The molecule has 0 fully saturated rings. The summed E-state index contributed by atoms with van der Waals surface area (Å²) in [6, 6.07) is 5.46. The Morgan fingerprint density at radius 3 is 2.34 bits per heavy atom. The van der Waals surface area contributed by atoms with Gasteiger partial charge in [0.2, 0.25) is 5.82 Å². The molecule has 0 aliphatic carbocycles. The first-order valence-corrected chi connectivity index (χ1v) is 8.03. The van der Waals surface area contributed by atoms with Crippen molar-refractivity contribution in [3.63, 3.8) is 0 Å². The lowest BCUT2D eigenvalue weighted by Gasteiger charge is -2.02. The number of ether oxygens (including phenoxy) is 2. The minimum Gasteiger partial charge on any atom is -0.463 e. The molecular formula is C18H16F2N4O5. The summed E-state index contributed by atoms with van der Waals surface area (Å²) in [5.74, 6) is -3.24. The maximum Gasteiger partial charge on any atom is 0.396 e. The highest BCUT2D eigenvalue weighted by Crippen LogP contribution is 2.09. The van der Waals surface area contributed by atoms with Crippen molar-refractivity contribution in [1.82, 2.24) is 19.7 Å². The summed E-state index contributed by atoms with van der Waals surface area (Å²) in [5, 5.41) is 2.27.